The highest BCUT2D eigenvalue weighted by Gasteiger charge is 2.07. The van der Waals surface area contributed by atoms with Crippen LogP contribution >= 0.6 is 0 Å². The molecule has 0 heterocycles. The predicted molar refractivity (Wildman–Crippen MR) is 52.0 cm³/mol. The molecular formula is C10H18N2O. The van der Waals surface area contributed by atoms with Gasteiger partial charge < -0.3 is 5.32 Å². The topological polar surface area (TPSA) is 52.9 Å². The molecule has 0 bridgehead atoms. The molecule has 0 aliphatic heterocycles. The molecule has 1 amide bonds. The van der Waals surface area contributed by atoms with Crippen molar-refractivity contribution in [1.29, 1.82) is 5.26 Å². The second kappa shape index (κ2) is 7.60. The fourth-order valence-corrected chi connectivity index (χ4v) is 1.03. The molecule has 3 nitrogen and oxygen atoms in total. The molecule has 0 spiro atoms. The van der Waals surface area contributed by atoms with Crippen LogP contribution in [0.1, 0.15) is 46.0 Å². The smallest absolute Gasteiger partial charge is 0.221 e. The van der Waals surface area contributed by atoms with Crippen LogP contribution in [0.25, 0.3) is 0 Å². The molecular weight excluding hydrogens is 164 g/mol. The van der Waals surface area contributed by atoms with Crippen LogP contribution in [0.3, 0.4) is 0 Å². The zero-order chi connectivity index (χ0) is 10.1. The first-order valence-electron chi connectivity index (χ1n) is 4.93. The quantitative estimate of drug-likeness (QED) is 0.638. The summed E-state index contributed by atoms with van der Waals surface area (Å²) < 4.78 is 0. The first-order valence-corrected chi connectivity index (χ1v) is 4.93. The first-order chi connectivity index (χ1) is 6.24. The van der Waals surface area contributed by atoms with Crippen LogP contribution in [0.4, 0.5) is 0 Å². The van der Waals surface area contributed by atoms with E-state index in [2.05, 4.69) is 12.2 Å². The third-order valence-corrected chi connectivity index (χ3v) is 1.91. The molecule has 1 atom stereocenters. The van der Waals surface area contributed by atoms with Crippen LogP contribution < -0.4 is 5.32 Å². The van der Waals surface area contributed by atoms with Crippen molar-refractivity contribution in [3.05, 3.63) is 0 Å². The molecule has 13 heavy (non-hydrogen) atoms. The Bertz CT molecular complexity index is 184. The molecule has 0 aromatic heterocycles. The summed E-state index contributed by atoms with van der Waals surface area (Å²) in [5.74, 6) is 0.00171. The van der Waals surface area contributed by atoms with Crippen molar-refractivity contribution in [3.63, 3.8) is 0 Å². The molecule has 0 aliphatic rings. The predicted octanol–water partition coefficient (Wildman–Crippen LogP) is 1.99. The van der Waals surface area contributed by atoms with Crippen molar-refractivity contribution in [1.82, 2.24) is 5.32 Å². The maximum atomic E-state index is 11.2. The minimum absolute atomic E-state index is 0.00171. The first kappa shape index (κ1) is 12.0. The van der Waals surface area contributed by atoms with Gasteiger partial charge in [0.05, 0.1) is 6.07 Å². The summed E-state index contributed by atoms with van der Waals surface area (Å²) in [5.41, 5.74) is 0. The molecule has 0 radical (unpaired) electrons. The number of unbranched alkanes of at least 4 members (excludes halogenated alkanes) is 2. The van der Waals surface area contributed by atoms with Crippen molar-refractivity contribution in [3.8, 4) is 6.07 Å². The van der Waals surface area contributed by atoms with E-state index in [9.17, 15) is 4.79 Å². The van der Waals surface area contributed by atoms with E-state index in [1.165, 1.54) is 0 Å². The largest absolute Gasteiger partial charge is 0.340 e. The van der Waals surface area contributed by atoms with E-state index in [0.29, 0.717) is 12.8 Å². The second-order valence-electron chi connectivity index (χ2n) is 3.11. The molecule has 0 aromatic rings. The summed E-state index contributed by atoms with van der Waals surface area (Å²) >= 11 is 0. The van der Waals surface area contributed by atoms with E-state index in [1.54, 1.807) is 0 Å². The van der Waals surface area contributed by atoms with Gasteiger partial charge >= 0.3 is 0 Å². The fourth-order valence-electron chi connectivity index (χ4n) is 1.03. The zero-order valence-electron chi connectivity index (χ0n) is 8.47. The van der Waals surface area contributed by atoms with Gasteiger partial charge in [-0.05, 0) is 12.8 Å². The van der Waals surface area contributed by atoms with E-state index in [0.717, 1.165) is 19.3 Å². The standard InChI is InChI=1S/C10H18N2O/c1-3-5-6-7-10(13)12-9(4-2)8-11/h9H,3-7H2,1-2H3,(H,12,13). The van der Waals surface area contributed by atoms with Gasteiger partial charge in [-0.2, -0.15) is 5.26 Å². The van der Waals surface area contributed by atoms with Crippen molar-refractivity contribution < 1.29 is 4.79 Å². The molecule has 1 unspecified atom stereocenters. The maximum absolute atomic E-state index is 11.2. The van der Waals surface area contributed by atoms with Crippen molar-refractivity contribution in [2.75, 3.05) is 0 Å². The van der Waals surface area contributed by atoms with Gasteiger partial charge in [-0.3, -0.25) is 4.79 Å². The monoisotopic (exact) mass is 182 g/mol. The number of hydrogen-bond acceptors (Lipinski definition) is 2. The van der Waals surface area contributed by atoms with Gasteiger partial charge in [-0.1, -0.05) is 26.7 Å². The minimum Gasteiger partial charge on any atom is -0.340 e. The van der Waals surface area contributed by atoms with Gasteiger partial charge in [-0.25, -0.2) is 0 Å². The van der Waals surface area contributed by atoms with Crippen molar-refractivity contribution >= 4 is 5.91 Å². The molecule has 0 fully saturated rings. The highest BCUT2D eigenvalue weighted by molar-refractivity contribution is 5.76. The zero-order valence-corrected chi connectivity index (χ0v) is 8.47. The molecule has 0 rings (SSSR count). The molecule has 0 saturated heterocycles. The second-order valence-corrected chi connectivity index (χ2v) is 3.11. The lowest BCUT2D eigenvalue weighted by atomic mass is 10.2. The van der Waals surface area contributed by atoms with E-state index < -0.39 is 0 Å². The van der Waals surface area contributed by atoms with E-state index in [4.69, 9.17) is 5.26 Å². The lowest BCUT2D eigenvalue weighted by Gasteiger charge is -2.08. The Labute approximate surface area is 80.1 Å². The number of carbonyl (C=O) groups excluding carboxylic acids is 1. The number of amides is 1. The Balaban J connectivity index is 3.56. The summed E-state index contributed by atoms with van der Waals surface area (Å²) in [4.78, 5) is 11.2. The summed E-state index contributed by atoms with van der Waals surface area (Å²) in [5, 5.41) is 11.3. The minimum atomic E-state index is -0.311. The summed E-state index contributed by atoms with van der Waals surface area (Å²) in [6.45, 7) is 3.99. The van der Waals surface area contributed by atoms with Gasteiger partial charge in [0.25, 0.3) is 0 Å². The Kier molecular flexibility index (Phi) is 6.99. The summed E-state index contributed by atoms with van der Waals surface area (Å²) in [6, 6.07) is 1.73. The lowest BCUT2D eigenvalue weighted by molar-refractivity contribution is -0.121. The van der Waals surface area contributed by atoms with Crippen LogP contribution in [0.2, 0.25) is 0 Å². The number of rotatable bonds is 6. The molecule has 0 aliphatic carbocycles. The van der Waals surface area contributed by atoms with Crippen LogP contribution in [0, 0.1) is 11.3 Å². The average molecular weight is 182 g/mol. The van der Waals surface area contributed by atoms with Gasteiger partial charge in [0, 0.05) is 6.42 Å². The Morgan fingerprint density at radius 3 is 2.62 bits per heavy atom. The van der Waals surface area contributed by atoms with E-state index in [-0.39, 0.29) is 11.9 Å². The SMILES string of the molecule is CCCCCC(=O)NC(C#N)CC. The molecule has 0 saturated carbocycles. The van der Waals surface area contributed by atoms with Gasteiger partial charge in [-0.15, -0.1) is 0 Å². The summed E-state index contributed by atoms with van der Waals surface area (Å²) in [6.07, 6.45) is 4.34. The summed E-state index contributed by atoms with van der Waals surface area (Å²) in [7, 11) is 0. The number of nitrogens with zero attached hydrogens (tertiary/aromatic N) is 1. The van der Waals surface area contributed by atoms with Gasteiger partial charge in [0.1, 0.15) is 6.04 Å². The van der Waals surface area contributed by atoms with Crippen LogP contribution in [0.15, 0.2) is 0 Å². The van der Waals surface area contributed by atoms with Crippen molar-refractivity contribution in [2.24, 2.45) is 0 Å². The highest BCUT2D eigenvalue weighted by atomic mass is 16.1. The number of carbonyl (C=O) groups is 1. The lowest BCUT2D eigenvalue weighted by Crippen LogP contribution is -2.32. The highest BCUT2D eigenvalue weighted by Crippen LogP contribution is 1.99. The van der Waals surface area contributed by atoms with Crippen molar-refractivity contribution in [2.45, 2.75) is 52.0 Å². The third-order valence-electron chi connectivity index (χ3n) is 1.91. The van der Waals surface area contributed by atoms with E-state index >= 15 is 0 Å². The van der Waals surface area contributed by atoms with Crippen LogP contribution in [-0.2, 0) is 4.79 Å². The Morgan fingerprint density at radius 1 is 1.46 bits per heavy atom. The number of nitriles is 1. The maximum Gasteiger partial charge on any atom is 0.221 e. The normalized spacial score (nSPS) is 11.8. The molecule has 3 heteroatoms. The molecule has 1 N–H and O–H groups in total. The Morgan fingerprint density at radius 2 is 2.15 bits per heavy atom. The average Bonchev–Trinajstić information content (AvgIpc) is 2.14. The molecule has 74 valence electrons. The number of nitrogens with one attached hydrogen (secondary N) is 1. The van der Waals surface area contributed by atoms with E-state index in [1.807, 2.05) is 13.0 Å². The molecule has 0 aromatic carbocycles. The Hall–Kier alpha value is -1.04. The van der Waals surface area contributed by atoms with Crippen LogP contribution in [0.5, 0.6) is 0 Å². The third kappa shape index (κ3) is 6.15. The van der Waals surface area contributed by atoms with Gasteiger partial charge in [0.2, 0.25) is 5.91 Å². The van der Waals surface area contributed by atoms with Gasteiger partial charge in [0.15, 0.2) is 0 Å². The van der Waals surface area contributed by atoms with Crippen LogP contribution in [-0.4, -0.2) is 11.9 Å². The number of hydrogen-bond donors (Lipinski definition) is 1. The fraction of sp³-hybridized carbons (Fsp3) is 0.800.